The van der Waals surface area contributed by atoms with Crippen LogP contribution in [0.25, 0.3) is 0 Å². The van der Waals surface area contributed by atoms with Crippen LogP contribution >= 0.6 is 0 Å². The first kappa shape index (κ1) is 15.1. The summed E-state index contributed by atoms with van der Waals surface area (Å²) < 4.78 is 13.3. The van der Waals surface area contributed by atoms with Crippen molar-refractivity contribution in [2.24, 2.45) is 18.4 Å². The van der Waals surface area contributed by atoms with Crippen LogP contribution < -0.4 is 0 Å². The summed E-state index contributed by atoms with van der Waals surface area (Å²) in [6, 6.07) is 3.62. The molecule has 1 aliphatic rings. The fourth-order valence-electron chi connectivity index (χ4n) is 2.50. The molecular weight excluding hydrogens is 254 g/mol. The molecule has 0 aliphatic heterocycles. The lowest BCUT2D eigenvalue weighted by Crippen LogP contribution is -2.56. The predicted octanol–water partition coefficient (Wildman–Crippen LogP) is 3.02. The summed E-state index contributed by atoms with van der Waals surface area (Å²) >= 11 is 0. The standard InChI is InChI=1S/C16H25NO3/c1-11(2)10-19-13-9-14(16(13,3)4)20-15(18)12-7-6-8-17(12)5/h6-8,11,13-14H,9-10H2,1-5H3/t13-,14-/m0/s1. The van der Waals surface area contributed by atoms with Gasteiger partial charge in [0.25, 0.3) is 0 Å². The molecule has 0 bridgehead atoms. The second-order valence-corrected chi connectivity index (χ2v) is 6.67. The number of nitrogens with zero attached hydrogens (tertiary/aromatic N) is 1. The van der Waals surface area contributed by atoms with E-state index in [2.05, 4.69) is 27.7 Å². The minimum atomic E-state index is -0.252. The second kappa shape index (κ2) is 5.60. The van der Waals surface area contributed by atoms with Crippen molar-refractivity contribution in [3.05, 3.63) is 24.0 Å². The molecule has 0 amide bonds. The highest BCUT2D eigenvalue weighted by Gasteiger charge is 2.51. The van der Waals surface area contributed by atoms with Gasteiger partial charge in [-0.25, -0.2) is 4.79 Å². The summed E-state index contributed by atoms with van der Waals surface area (Å²) in [5.74, 6) is 0.272. The van der Waals surface area contributed by atoms with Crippen LogP contribution in [-0.2, 0) is 16.5 Å². The van der Waals surface area contributed by atoms with Gasteiger partial charge in [-0.15, -0.1) is 0 Å². The quantitative estimate of drug-likeness (QED) is 0.778. The lowest BCUT2D eigenvalue weighted by Gasteiger charge is -2.50. The molecule has 1 aliphatic carbocycles. The molecule has 1 heterocycles. The van der Waals surface area contributed by atoms with E-state index in [0.717, 1.165) is 13.0 Å². The van der Waals surface area contributed by atoms with Crippen molar-refractivity contribution in [2.75, 3.05) is 6.61 Å². The van der Waals surface area contributed by atoms with Crippen molar-refractivity contribution in [1.29, 1.82) is 0 Å². The Morgan fingerprint density at radius 1 is 1.45 bits per heavy atom. The summed E-state index contributed by atoms with van der Waals surface area (Å²) in [5.41, 5.74) is 0.475. The van der Waals surface area contributed by atoms with Crippen molar-refractivity contribution in [2.45, 2.75) is 46.3 Å². The average Bonchev–Trinajstić information content (AvgIpc) is 2.78. The van der Waals surface area contributed by atoms with E-state index < -0.39 is 0 Å². The Balaban J connectivity index is 1.90. The van der Waals surface area contributed by atoms with Gasteiger partial charge in [0.2, 0.25) is 0 Å². The molecule has 20 heavy (non-hydrogen) atoms. The molecular formula is C16H25NO3. The SMILES string of the molecule is CC(C)CO[C@H]1C[C@H](OC(=O)c2cccn2C)C1(C)C. The monoisotopic (exact) mass is 279 g/mol. The Labute approximate surface area is 121 Å². The lowest BCUT2D eigenvalue weighted by atomic mass is 9.66. The van der Waals surface area contributed by atoms with E-state index in [0.29, 0.717) is 11.6 Å². The Morgan fingerprint density at radius 2 is 2.15 bits per heavy atom. The molecule has 0 radical (unpaired) electrons. The van der Waals surface area contributed by atoms with E-state index in [1.54, 1.807) is 10.6 Å². The summed E-state index contributed by atoms with van der Waals surface area (Å²) in [5, 5.41) is 0. The molecule has 0 aromatic carbocycles. The summed E-state index contributed by atoms with van der Waals surface area (Å²) in [6.45, 7) is 9.23. The van der Waals surface area contributed by atoms with Gasteiger partial charge in [0.1, 0.15) is 11.8 Å². The molecule has 0 unspecified atom stereocenters. The smallest absolute Gasteiger partial charge is 0.355 e. The fourth-order valence-corrected chi connectivity index (χ4v) is 2.50. The molecule has 1 saturated carbocycles. The number of ether oxygens (including phenoxy) is 2. The predicted molar refractivity (Wildman–Crippen MR) is 77.6 cm³/mol. The molecule has 0 spiro atoms. The van der Waals surface area contributed by atoms with E-state index in [-0.39, 0.29) is 23.6 Å². The maximum absolute atomic E-state index is 12.1. The second-order valence-electron chi connectivity index (χ2n) is 6.67. The summed E-state index contributed by atoms with van der Waals surface area (Å²) in [6.07, 6.45) is 2.74. The average molecular weight is 279 g/mol. The molecule has 0 saturated heterocycles. The topological polar surface area (TPSA) is 40.5 Å². The van der Waals surface area contributed by atoms with E-state index in [4.69, 9.17) is 9.47 Å². The molecule has 1 aromatic heterocycles. The number of esters is 1. The zero-order valence-corrected chi connectivity index (χ0v) is 13.1. The molecule has 4 heteroatoms. The molecule has 4 nitrogen and oxygen atoms in total. The number of carbonyl (C=O) groups is 1. The minimum absolute atomic E-state index is 0.0675. The molecule has 2 rings (SSSR count). The molecule has 1 fully saturated rings. The molecule has 2 atom stereocenters. The van der Waals surface area contributed by atoms with Gasteiger partial charge in [0, 0.05) is 31.7 Å². The number of rotatable bonds is 5. The van der Waals surface area contributed by atoms with Crippen molar-refractivity contribution in [3.8, 4) is 0 Å². The van der Waals surface area contributed by atoms with Crippen LogP contribution in [-0.4, -0.2) is 29.4 Å². The van der Waals surface area contributed by atoms with Crippen molar-refractivity contribution in [1.82, 2.24) is 4.57 Å². The molecule has 1 aromatic rings. The maximum Gasteiger partial charge on any atom is 0.355 e. The molecule has 0 N–H and O–H groups in total. The lowest BCUT2D eigenvalue weighted by molar-refractivity contribution is -0.180. The van der Waals surface area contributed by atoms with E-state index in [9.17, 15) is 4.79 Å². The van der Waals surface area contributed by atoms with Gasteiger partial charge in [-0.2, -0.15) is 0 Å². The van der Waals surface area contributed by atoms with Gasteiger partial charge in [-0.05, 0) is 18.1 Å². The third-order valence-corrected chi connectivity index (χ3v) is 4.12. The highest BCUT2D eigenvalue weighted by atomic mass is 16.6. The Morgan fingerprint density at radius 3 is 2.65 bits per heavy atom. The Kier molecular flexibility index (Phi) is 4.23. The first-order chi connectivity index (χ1) is 9.32. The van der Waals surface area contributed by atoms with Crippen molar-refractivity contribution >= 4 is 5.97 Å². The van der Waals surface area contributed by atoms with Gasteiger partial charge in [0.05, 0.1) is 6.10 Å². The van der Waals surface area contributed by atoms with Crippen molar-refractivity contribution < 1.29 is 14.3 Å². The van der Waals surface area contributed by atoms with Crippen LogP contribution in [0.15, 0.2) is 18.3 Å². The minimum Gasteiger partial charge on any atom is -0.457 e. The van der Waals surface area contributed by atoms with E-state index in [1.165, 1.54) is 0 Å². The summed E-state index contributed by atoms with van der Waals surface area (Å²) in [7, 11) is 1.84. The number of hydrogen-bond donors (Lipinski definition) is 0. The number of aromatic nitrogens is 1. The third-order valence-electron chi connectivity index (χ3n) is 4.12. The third kappa shape index (κ3) is 2.90. The first-order valence-electron chi connectivity index (χ1n) is 7.26. The first-order valence-corrected chi connectivity index (χ1v) is 7.26. The van der Waals surface area contributed by atoms with Gasteiger partial charge in [0.15, 0.2) is 0 Å². The zero-order valence-electron chi connectivity index (χ0n) is 13.1. The van der Waals surface area contributed by atoms with Gasteiger partial charge in [-0.1, -0.05) is 27.7 Å². The van der Waals surface area contributed by atoms with Crippen LogP contribution in [0.4, 0.5) is 0 Å². The van der Waals surface area contributed by atoms with E-state index in [1.807, 2.05) is 19.3 Å². The highest BCUT2D eigenvalue weighted by Crippen LogP contribution is 2.45. The van der Waals surface area contributed by atoms with Crippen LogP contribution in [0.2, 0.25) is 0 Å². The van der Waals surface area contributed by atoms with Crippen LogP contribution in [0.1, 0.15) is 44.6 Å². The van der Waals surface area contributed by atoms with Gasteiger partial charge < -0.3 is 14.0 Å². The molecule has 112 valence electrons. The highest BCUT2D eigenvalue weighted by molar-refractivity contribution is 5.87. The van der Waals surface area contributed by atoms with Crippen LogP contribution in [0, 0.1) is 11.3 Å². The normalized spacial score (nSPS) is 24.5. The van der Waals surface area contributed by atoms with Gasteiger partial charge >= 0.3 is 5.97 Å². The fraction of sp³-hybridized carbons (Fsp3) is 0.688. The van der Waals surface area contributed by atoms with Gasteiger partial charge in [-0.3, -0.25) is 0 Å². The number of aryl methyl sites for hydroxylation is 1. The number of hydrogen-bond acceptors (Lipinski definition) is 3. The Hall–Kier alpha value is -1.29. The number of carbonyl (C=O) groups excluding carboxylic acids is 1. The van der Waals surface area contributed by atoms with E-state index >= 15 is 0 Å². The van der Waals surface area contributed by atoms with Crippen LogP contribution in [0.5, 0.6) is 0 Å². The van der Waals surface area contributed by atoms with Crippen LogP contribution in [0.3, 0.4) is 0 Å². The van der Waals surface area contributed by atoms with Crippen molar-refractivity contribution in [3.63, 3.8) is 0 Å². The largest absolute Gasteiger partial charge is 0.457 e. The zero-order chi connectivity index (χ0) is 14.9. The Bertz CT molecular complexity index is 476. The maximum atomic E-state index is 12.1. The summed E-state index contributed by atoms with van der Waals surface area (Å²) in [4.78, 5) is 12.1.